The van der Waals surface area contributed by atoms with Crippen LogP contribution in [0.25, 0.3) is 0 Å². The maximum absolute atomic E-state index is 11.8. The highest BCUT2D eigenvalue weighted by Crippen LogP contribution is 2.22. The van der Waals surface area contributed by atoms with Crippen LogP contribution in [0.15, 0.2) is 36.9 Å². The number of hydrogen-bond acceptors (Lipinski definition) is 2. The third-order valence-electron chi connectivity index (χ3n) is 2.43. The summed E-state index contributed by atoms with van der Waals surface area (Å²) in [5.41, 5.74) is 1.18. The van der Waals surface area contributed by atoms with E-state index >= 15 is 0 Å². The number of rotatable bonds is 7. The molecule has 0 aromatic heterocycles. The molecule has 1 atom stereocenters. The molecule has 0 saturated carbocycles. The van der Waals surface area contributed by atoms with E-state index in [1.165, 1.54) is 5.56 Å². The molecule has 1 unspecified atom stereocenters. The van der Waals surface area contributed by atoms with E-state index in [2.05, 4.69) is 20.4 Å². The lowest BCUT2D eigenvalue weighted by Gasteiger charge is -1.98. The van der Waals surface area contributed by atoms with Gasteiger partial charge in [0, 0.05) is 0 Å². The SMILES string of the molecule is C=CCc1ccc([P+](=O)OCCC(C)C)cc1. The molecule has 1 aromatic carbocycles. The average Bonchev–Trinajstić information content (AvgIpc) is 2.30. The van der Waals surface area contributed by atoms with Crippen molar-refractivity contribution in [3.8, 4) is 0 Å². The summed E-state index contributed by atoms with van der Waals surface area (Å²) in [5.74, 6) is 0.577. The van der Waals surface area contributed by atoms with Crippen LogP contribution in [0.5, 0.6) is 0 Å². The van der Waals surface area contributed by atoms with Crippen LogP contribution < -0.4 is 5.30 Å². The Morgan fingerprint density at radius 2 is 2.00 bits per heavy atom. The molecule has 0 saturated heterocycles. The molecule has 3 heteroatoms. The minimum Gasteiger partial charge on any atom is -0.142 e. The van der Waals surface area contributed by atoms with Gasteiger partial charge in [0.1, 0.15) is 6.61 Å². The monoisotopic (exact) mass is 251 g/mol. The molecule has 0 fully saturated rings. The van der Waals surface area contributed by atoms with Crippen molar-refractivity contribution in [3.05, 3.63) is 42.5 Å². The van der Waals surface area contributed by atoms with Gasteiger partial charge in [0.25, 0.3) is 0 Å². The van der Waals surface area contributed by atoms with E-state index in [0.717, 1.165) is 18.1 Å². The number of allylic oxidation sites excluding steroid dienone is 1. The fraction of sp³-hybridized carbons (Fsp3) is 0.429. The topological polar surface area (TPSA) is 26.3 Å². The second-order valence-corrected chi connectivity index (χ2v) is 5.72. The third-order valence-corrected chi connectivity index (χ3v) is 3.57. The first-order valence-electron chi connectivity index (χ1n) is 5.93. The van der Waals surface area contributed by atoms with Gasteiger partial charge in [-0.3, -0.25) is 0 Å². The first kappa shape index (κ1) is 14.1. The molecule has 0 bridgehead atoms. The van der Waals surface area contributed by atoms with Crippen molar-refractivity contribution in [1.29, 1.82) is 0 Å². The Balaban J connectivity index is 2.48. The van der Waals surface area contributed by atoms with Crippen molar-refractivity contribution in [2.45, 2.75) is 26.7 Å². The summed E-state index contributed by atoms with van der Waals surface area (Å²) >= 11 is 0. The molecular formula is C14H20O2P+. The van der Waals surface area contributed by atoms with Crippen molar-refractivity contribution >= 4 is 13.3 Å². The van der Waals surface area contributed by atoms with Crippen LogP contribution in [0, 0.1) is 5.92 Å². The Morgan fingerprint density at radius 1 is 1.35 bits per heavy atom. The van der Waals surface area contributed by atoms with E-state index in [-0.39, 0.29) is 0 Å². The molecule has 0 aliphatic heterocycles. The maximum Gasteiger partial charge on any atom is 0.548 e. The minimum absolute atomic E-state index is 0.557. The van der Waals surface area contributed by atoms with Crippen molar-refractivity contribution in [3.63, 3.8) is 0 Å². The maximum atomic E-state index is 11.8. The van der Waals surface area contributed by atoms with Crippen molar-refractivity contribution < 1.29 is 9.09 Å². The van der Waals surface area contributed by atoms with Crippen LogP contribution in [0.3, 0.4) is 0 Å². The average molecular weight is 251 g/mol. The van der Waals surface area contributed by atoms with E-state index in [1.54, 1.807) is 0 Å². The highest BCUT2D eigenvalue weighted by atomic mass is 31.1. The fourth-order valence-corrected chi connectivity index (χ4v) is 2.18. The Kier molecular flexibility index (Phi) is 6.10. The minimum atomic E-state index is -1.70. The third kappa shape index (κ3) is 5.25. The van der Waals surface area contributed by atoms with Crippen LogP contribution in [0.1, 0.15) is 25.8 Å². The van der Waals surface area contributed by atoms with Gasteiger partial charge in [0.2, 0.25) is 5.30 Å². The van der Waals surface area contributed by atoms with Crippen LogP contribution in [-0.4, -0.2) is 6.61 Å². The number of benzene rings is 1. The largest absolute Gasteiger partial charge is 0.548 e. The summed E-state index contributed by atoms with van der Waals surface area (Å²) < 4.78 is 17.1. The molecule has 17 heavy (non-hydrogen) atoms. The molecule has 1 rings (SSSR count). The molecule has 0 amide bonds. The summed E-state index contributed by atoms with van der Waals surface area (Å²) in [6, 6.07) is 7.67. The van der Waals surface area contributed by atoms with Gasteiger partial charge in [0.15, 0.2) is 0 Å². The molecule has 92 valence electrons. The van der Waals surface area contributed by atoms with Gasteiger partial charge in [-0.2, -0.15) is 0 Å². The first-order chi connectivity index (χ1) is 8.13. The Labute approximate surface area is 105 Å². The van der Waals surface area contributed by atoms with Crippen LogP contribution in [-0.2, 0) is 15.5 Å². The molecule has 0 heterocycles. The zero-order chi connectivity index (χ0) is 12.7. The van der Waals surface area contributed by atoms with Gasteiger partial charge in [0.05, 0.1) is 0 Å². The molecule has 0 radical (unpaired) electrons. The van der Waals surface area contributed by atoms with Gasteiger partial charge in [-0.25, -0.2) is 0 Å². The normalized spacial score (nSPS) is 11.6. The standard InChI is InChI=1S/C14H20O2P/c1-4-5-13-6-8-14(9-7-13)17(15)16-11-10-12(2)3/h4,6-9,12H,1,5,10-11H2,2-3H3/q+1. The first-order valence-corrected chi connectivity index (χ1v) is 7.11. The van der Waals surface area contributed by atoms with Crippen molar-refractivity contribution in [2.75, 3.05) is 6.61 Å². The Morgan fingerprint density at radius 3 is 2.53 bits per heavy atom. The predicted octanol–water partition coefficient (Wildman–Crippen LogP) is 3.85. The molecule has 0 aliphatic carbocycles. The van der Waals surface area contributed by atoms with E-state index in [0.29, 0.717) is 12.5 Å². The summed E-state index contributed by atoms with van der Waals surface area (Å²) in [4.78, 5) is 0. The lowest BCUT2D eigenvalue weighted by atomic mass is 10.1. The van der Waals surface area contributed by atoms with E-state index in [4.69, 9.17) is 4.52 Å². The number of hydrogen-bond donors (Lipinski definition) is 0. The molecule has 2 nitrogen and oxygen atoms in total. The smallest absolute Gasteiger partial charge is 0.142 e. The Bertz CT molecular complexity index is 368. The summed E-state index contributed by atoms with van der Waals surface area (Å²) in [5, 5.41) is 0.761. The van der Waals surface area contributed by atoms with Crippen LogP contribution >= 0.6 is 8.03 Å². The predicted molar refractivity (Wildman–Crippen MR) is 73.0 cm³/mol. The second-order valence-electron chi connectivity index (χ2n) is 4.43. The summed E-state index contributed by atoms with van der Waals surface area (Å²) in [6.45, 7) is 8.50. The molecule has 0 N–H and O–H groups in total. The van der Waals surface area contributed by atoms with Crippen LogP contribution in [0.2, 0.25) is 0 Å². The molecule has 0 aliphatic rings. The van der Waals surface area contributed by atoms with E-state index in [1.807, 2.05) is 30.3 Å². The van der Waals surface area contributed by atoms with Crippen LogP contribution in [0.4, 0.5) is 0 Å². The zero-order valence-electron chi connectivity index (χ0n) is 10.6. The van der Waals surface area contributed by atoms with Gasteiger partial charge in [-0.1, -0.05) is 32.1 Å². The molecule has 0 spiro atoms. The van der Waals surface area contributed by atoms with E-state index < -0.39 is 8.03 Å². The Hall–Kier alpha value is -0.980. The molecular weight excluding hydrogens is 231 g/mol. The van der Waals surface area contributed by atoms with Gasteiger partial charge in [-0.05, 0) is 41.0 Å². The lowest BCUT2D eigenvalue weighted by Crippen LogP contribution is -2.01. The lowest BCUT2D eigenvalue weighted by molar-refractivity contribution is 0.306. The zero-order valence-corrected chi connectivity index (χ0v) is 11.5. The second kappa shape index (κ2) is 7.37. The highest BCUT2D eigenvalue weighted by molar-refractivity contribution is 7.48. The van der Waals surface area contributed by atoms with Gasteiger partial charge < -0.3 is 0 Å². The summed E-state index contributed by atoms with van der Waals surface area (Å²) in [7, 11) is -1.70. The molecule has 1 aromatic rings. The fourth-order valence-electron chi connectivity index (χ4n) is 1.37. The van der Waals surface area contributed by atoms with Gasteiger partial charge in [-0.15, -0.1) is 11.1 Å². The van der Waals surface area contributed by atoms with Gasteiger partial charge >= 0.3 is 8.03 Å². The quantitative estimate of drug-likeness (QED) is 0.543. The van der Waals surface area contributed by atoms with Crippen molar-refractivity contribution in [1.82, 2.24) is 0 Å². The summed E-state index contributed by atoms with van der Waals surface area (Å²) in [6.07, 6.45) is 3.63. The van der Waals surface area contributed by atoms with Crippen molar-refractivity contribution in [2.24, 2.45) is 5.92 Å². The highest BCUT2D eigenvalue weighted by Gasteiger charge is 2.21. The van der Waals surface area contributed by atoms with E-state index in [9.17, 15) is 4.57 Å².